The van der Waals surface area contributed by atoms with E-state index in [1.54, 1.807) is 19.2 Å². The number of ether oxygens (including phenoxy) is 1. The lowest BCUT2D eigenvalue weighted by Crippen LogP contribution is -2.35. The molecule has 1 N–H and O–H groups in total. The number of rotatable bonds is 8. The average Bonchev–Trinajstić information content (AvgIpc) is 2.36. The number of hydrogen-bond acceptors (Lipinski definition) is 4. The Morgan fingerprint density at radius 3 is 2.47 bits per heavy atom. The van der Waals surface area contributed by atoms with Crippen LogP contribution < -0.4 is 0 Å². The Bertz CT molecular complexity index is 387. The molecule has 0 radical (unpaired) electrons. The van der Waals surface area contributed by atoms with Gasteiger partial charge in [-0.3, -0.25) is 9.69 Å². The summed E-state index contributed by atoms with van der Waals surface area (Å²) in [6, 6.07) is 6.38. The second-order valence-corrected chi connectivity index (χ2v) is 5.09. The zero-order chi connectivity index (χ0) is 14.3. The molecule has 4 nitrogen and oxygen atoms in total. The van der Waals surface area contributed by atoms with E-state index in [4.69, 9.17) is 4.74 Å². The highest BCUT2D eigenvalue weighted by Gasteiger charge is 2.13. The minimum Gasteiger partial charge on any atom is -0.508 e. The van der Waals surface area contributed by atoms with Crippen LogP contribution >= 0.6 is 0 Å². The quantitative estimate of drug-likeness (QED) is 0.732. The van der Waals surface area contributed by atoms with Crippen LogP contribution in [0.5, 0.6) is 5.75 Å². The van der Waals surface area contributed by atoms with E-state index >= 15 is 0 Å². The monoisotopic (exact) mass is 265 g/mol. The molecule has 0 unspecified atom stereocenters. The van der Waals surface area contributed by atoms with Crippen molar-refractivity contribution in [3.8, 4) is 5.75 Å². The van der Waals surface area contributed by atoms with Crippen LogP contribution in [0.15, 0.2) is 24.3 Å². The largest absolute Gasteiger partial charge is 0.508 e. The highest BCUT2D eigenvalue weighted by atomic mass is 16.5. The Hall–Kier alpha value is -1.39. The summed E-state index contributed by atoms with van der Waals surface area (Å²) >= 11 is 0. The third-order valence-electron chi connectivity index (χ3n) is 2.79. The van der Waals surface area contributed by atoms with Crippen LogP contribution in [-0.4, -0.2) is 49.1 Å². The van der Waals surface area contributed by atoms with Crippen molar-refractivity contribution in [1.29, 1.82) is 0 Å². The smallest absolute Gasteiger partial charge is 0.176 e. The first-order valence-corrected chi connectivity index (χ1v) is 6.56. The Morgan fingerprint density at radius 2 is 1.95 bits per heavy atom. The van der Waals surface area contributed by atoms with E-state index in [0.29, 0.717) is 24.6 Å². The number of methoxy groups -OCH3 is 1. The predicted molar refractivity (Wildman–Crippen MR) is 75.6 cm³/mol. The van der Waals surface area contributed by atoms with Gasteiger partial charge >= 0.3 is 0 Å². The first-order valence-electron chi connectivity index (χ1n) is 6.56. The van der Waals surface area contributed by atoms with Crippen LogP contribution in [0.4, 0.5) is 0 Å². The summed E-state index contributed by atoms with van der Waals surface area (Å²) in [7, 11) is 1.66. The third kappa shape index (κ3) is 5.85. The lowest BCUT2D eigenvalue weighted by Gasteiger charge is -2.23. The Morgan fingerprint density at radius 1 is 1.32 bits per heavy atom. The number of carbonyl (C=O) groups excluding carboxylic acids is 1. The number of ketones is 1. The first kappa shape index (κ1) is 15.7. The van der Waals surface area contributed by atoms with Gasteiger partial charge in [0.1, 0.15) is 5.75 Å². The number of phenols is 1. The molecule has 0 aliphatic heterocycles. The lowest BCUT2D eigenvalue weighted by atomic mass is 10.1. The van der Waals surface area contributed by atoms with E-state index in [1.165, 1.54) is 12.1 Å². The molecule has 0 saturated heterocycles. The van der Waals surface area contributed by atoms with E-state index in [1.807, 2.05) is 0 Å². The molecule has 0 saturated carbocycles. The van der Waals surface area contributed by atoms with E-state index in [0.717, 1.165) is 13.1 Å². The fourth-order valence-corrected chi connectivity index (χ4v) is 1.91. The number of benzene rings is 1. The van der Waals surface area contributed by atoms with Crippen LogP contribution in [0.2, 0.25) is 0 Å². The molecule has 0 aliphatic rings. The fraction of sp³-hybridized carbons (Fsp3) is 0.533. The summed E-state index contributed by atoms with van der Waals surface area (Å²) < 4.78 is 5.07. The van der Waals surface area contributed by atoms with Gasteiger partial charge in [-0.15, -0.1) is 0 Å². The Labute approximate surface area is 115 Å². The molecule has 0 spiro atoms. The van der Waals surface area contributed by atoms with Crippen LogP contribution in [-0.2, 0) is 4.74 Å². The molecule has 1 rings (SSSR count). The average molecular weight is 265 g/mol. The zero-order valence-electron chi connectivity index (χ0n) is 11.9. The first-order chi connectivity index (χ1) is 9.02. The van der Waals surface area contributed by atoms with Crippen molar-refractivity contribution in [2.24, 2.45) is 5.92 Å². The van der Waals surface area contributed by atoms with Crippen molar-refractivity contribution in [3.63, 3.8) is 0 Å². The highest BCUT2D eigenvalue weighted by molar-refractivity contribution is 5.97. The maximum Gasteiger partial charge on any atom is 0.176 e. The van der Waals surface area contributed by atoms with Crippen molar-refractivity contribution < 1.29 is 14.6 Å². The van der Waals surface area contributed by atoms with E-state index in [2.05, 4.69) is 18.7 Å². The van der Waals surface area contributed by atoms with Gasteiger partial charge in [-0.25, -0.2) is 0 Å². The van der Waals surface area contributed by atoms with Crippen LogP contribution in [0.1, 0.15) is 24.2 Å². The van der Waals surface area contributed by atoms with Crippen LogP contribution in [0, 0.1) is 5.92 Å². The number of Topliss-reactive ketones (excluding diaryl/α,β-unsaturated/α-hetero) is 1. The molecule has 1 aromatic carbocycles. The molecule has 0 fully saturated rings. The number of hydrogen-bond donors (Lipinski definition) is 1. The summed E-state index contributed by atoms with van der Waals surface area (Å²) in [5.41, 5.74) is 0.629. The molecule has 106 valence electrons. The van der Waals surface area contributed by atoms with Crippen molar-refractivity contribution in [2.75, 3.05) is 33.4 Å². The number of aromatic hydroxyl groups is 1. The van der Waals surface area contributed by atoms with Gasteiger partial charge in [0.2, 0.25) is 0 Å². The van der Waals surface area contributed by atoms with Gasteiger partial charge in [0.25, 0.3) is 0 Å². The Balaban J connectivity index is 2.61. The molecule has 0 bridgehead atoms. The second kappa shape index (κ2) is 7.92. The molecule has 0 aliphatic carbocycles. The van der Waals surface area contributed by atoms with Gasteiger partial charge in [0.05, 0.1) is 13.2 Å². The zero-order valence-corrected chi connectivity index (χ0v) is 11.9. The normalized spacial score (nSPS) is 11.2. The van der Waals surface area contributed by atoms with Crippen molar-refractivity contribution in [3.05, 3.63) is 29.8 Å². The molecule has 19 heavy (non-hydrogen) atoms. The van der Waals surface area contributed by atoms with Crippen LogP contribution in [0.25, 0.3) is 0 Å². The molecule has 0 aromatic heterocycles. The maximum absolute atomic E-state index is 12.1. The van der Waals surface area contributed by atoms with Crippen LogP contribution in [0.3, 0.4) is 0 Å². The molecule has 0 heterocycles. The topological polar surface area (TPSA) is 49.8 Å². The number of nitrogens with zero attached hydrogens (tertiary/aromatic N) is 1. The van der Waals surface area contributed by atoms with Gasteiger partial charge < -0.3 is 9.84 Å². The van der Waals surface area contributed by atoms with Gasteiger partial charge in [0, 0.05) is 25.8 Å². The second-order valence-electron chi connectivity index (χ2n) is 5.09. The lowest BCUT2D eigenvalue weighted by molar-refractivity contribution is 0.0881. The van der Waals surface area contributed by atoms with Gasteiger partial charge in [-0.2, -0.15) is 0 Å². The molecule has 0 atom stereocenters. The molecular weight excluding hydrogens is 242 g/mol. The summed E-state index contributed by atoms with van der Waals surface area (Å²) in [5.74, 6) is 0.746. The van der Waals surface area contributed by atoms with Crippen molar-refractivity contribution in [1.82, 2.24) is 4.90 Å². The standard InChI is InChI=1S/C15H23NO3/c1-12(2)10-16(8-9-19-3)11-15(18)13-4-6-14(17)7-5-13/h4-7,12,17H,8-11H2,1-3H3. The van der Waals surface area contributed by atoms with Crippen molar-refractivity contribution in [2.45, 2.75) is 13.8 Å². The minimum atomic E-state index is 0.0664. The molecule has 1 aromatic rings. The highest BCUT2D eigenvalue weighted by Crippen LogP contribution is 2.11. The van der Waals surface area contributed by atoms with Gasteiger partial charge in [0.15, 0.2) is 5.78 Å². The van der Waals surface area contributed by atoms with Gasteiger partial charge in [-0.05, 0) is 30.2 Å². The third-order valence-corrected chi connectivity index (χ3v) is 2.79. The SMILES string of the molecule is COCCN(CC(=O)c1ccc(O)cc1)CC(C)C. The van der Waals surface area contributed by atoms with E-state index in [-0.39, 0.29) is 11.5 Å². The number of phenolic OH excluding ortho intramolecular Hbond substituents is 1. The molecule has 0 amide bonds. The van der Waals surface area contributed by atoms with Gasteiger partial charge in [-0.1, -0.05) is 13.8 Å². The summed E-state index contributed by atoms with van der Waals surface area (Å²) in [6.07, 6.45) is 0. The van der Waals surface area contributed by atoms with E-state index in [9.17, 15) is 9.90 Å². The van der Waals surface area contributed by atoms with E-state index < -0.39 is 0 Å². The number of carbonyl (C=O) groups is 1. The molecular formula is C15H23NO3. The Kier molecular flexibility index (Phi) is 6.53. The minimum absolute atomic E-state index is 0.0664. The van der Waals surface area contributed by atoms with Crippen molar-refractivity contribution >= 4 is 5.78 Å². The summed E-state index contributed by atoms with van der Waals surface area (Å²) in [5, 5.41) is 9.22. The summed E-state index contributed by atoms with van der Waals surface area (Å²) in [6.45, 7) is 6.88. The summed E-state index contributed by atoms with van der Waals surface area (Å²) in [4.78, 5) is 14.2. The molecule has 4 heteroatoms. The maximum atomic E-state index is 12.1. The fourth-order valence-electron chi connectivity index (χ4n) is 1.91. The predicted octanol–water partition coefficient (Wildman–Crippen LogP) is 2.18.